The summed E-state index contributed by atoms with van der Waals surface area (Å²) in [6, 6.07) is 4.68. The summed E-state index contributed by atoms with van der Waals surface area (Å²) in [6.07, 6.45) is -2.59. The molecule has 1 saturated heterocycles. The SMILES string of the molecule is O=C1OC(Oc2ccccn2)OC(=O)C(O)C1O. The fraction of sp³-hybridized carbons (Fsp3) is 0.300. The van der Waals surface area contributed by atoms with Gasteiger partial charge in [-0.15, -0.1) is 0 Å². The van der Waals surface area contributed by atoms with Crippen molar-refractivity contribution in [2.45, 2.75) is 18.7 Å². The number of aliphatic hydroxyl groups excluding tert-OH is 2. The minimum atomic E-state index is -2.00. The summed E-state index contributed by atoms with van der Waals surface area (Å²) in [5.74, 6) is -2.41. The third-order valence-electron chi connectivity index (χ3n) is 2.06. The van der Waals surface area contributed by atoms with Crippen molar-refractivity contribution < 1.29 is 34.0 Å². The van der Waals surface area contributed by atoms with Crippen molar-refractivity contribution in [3.8, 4) is 5.88 Å². The smallest absolute Gasteiger partial charge is 0.405 e. The van der Waals surface area contributed by atoms with Gasteiger partial charge in [-0.05, 0) is 6.07 Å². The number of esters is 2. The van der Waals surface area contributed by atoms with E-state index < -0.39 is 30.6 Å². The van der Waals surface area contributed by atoms with Gasteiger partial charge in [0.05, 0.1) is 0 Å². The van der Waals surface area contributed by atoms with Crippen LogP contribution >= 0.6 is 0 Å². The van der Waals surface area contributed by atoms with E-state index >= 15 is 0 Å². The number of hydrogen-bond donors (Lipinski definition) is 2. The zero-order valence-corrected chi connectivity index (χ0v) is 8.92. The number of hydrogen-bond acceptors (Lipinski definition) is 8. The fourth-order valence-electron chi connectivity index (χ4n) is 1.17. The Hall–Kier alpha value is -2.19. The Bertz CT molecular complexity index is 427. The van der Waals surface area contributed by atoms with Crippen molar-refractivity contribution in [2.24, 2.45) is 0 Å². The molecule has 0 aromatic carbocycles. The molecule has 1 aromatic rings. The third-order valence-corrected chi connectivity index (χ3v) is 2.06. The maximum Gasteiger partial charge on any atom is 0.412 e. The number of aliphatic hydroxyl groups is 2. The lowest BCUT2D eigenvalue weighted by Gasteiger charge is -2.14. The molecule has 0 amide bonds. The summed E-state index contributed by atoms with van der Waals surface area (Å²) in [5, 5.41) is 18.4. The molecule has 2 heterocycles. The first-order chi connectivity index (χ1) is 8.58. The van der Waals surface area contributed by atoms with E-state index in [0.29, 0.717) is 0 Å². The summed E-state index contributed by atoms with van der Waals surface area (Å²) in [4.78, 5) is 26.2. The van der Waals surface area contributed by atoms with Gasteiger partial charge in [0.25, 0.3) is 0 Å². The summed E-state index contributed by atoms with van der Waals surface area (Å²) in [5.41, 5.74) is 0. The van der Waals surface area contributed by atoms with E-state index in [4.69, 9.17) is 4.74 Å². The van der Waals surface area contributed by atoms with Gasteiger partial charge in [0.15, 0.2) is 12.2 Å². The van der Waals surface area contributed by atoms with E-state index in [2.05, 4.69) is 14.5 Å². The molecule has 1 aliphatic rings. The van der Waals surface area contributed by atoms with Crippen LogP contribution in [-0.2, 0) is 19.1 Å². The van der Waals surface area contributed by atoms with Gasteiger partial charge in [0.1, 0.15) is 0 Å². The minimum Gasteiger partial charge on any atom is -0.405 e. The lowest BCUT2D eigenvalue weighted by atomic mass is 10.2. The summed E-state index contributed by atoms with van der Waals surface area (Å²) in [6.45, 7) is -1.70. The van der Waals surface area contributed by atoms with Gasteiger partial charge in [-0.2, -0.15) is 0 Å². The molecule has 8 heteroatoms. The average molecular weight is 255 g/mol. The van der Waals surface area contributed by atoms with Crippen molar-refractivity contribution in [3.63, 3.8) is 0 Å². The molecule has 0 spiro atoms. The van der Waals surface area contributed by atoms with E-state index in [0.717, 1.165) is 0 Å². The quantitative estimate of drug-likeness (QED) is 0.618. The average Bonchev–Trinajstić information content (AvgIpc) is 2.44. The number of aromatic nitrogens is 1. The summed E-state index contributed by atoms with van der Waals surface area (Å²) >= 11 is 0. The third kappa shape index (κ3) is 2.55. The van der Waals surface area contributed by atoms with Crippen LogP contribution < -0.4 is 4.74 Å². The molecule has 0 radical (unpaired) electrons. The highest BCUT2D eigenvalue weighted by atomic mass is 16.9. The van der Waals surface area contributed by atoms with Gasteiger partial charge in [0, 0.05) is 12.3 Å². The Morgan fingerprint density at radius 3 is 2.22 bits per heavy atom. The number of ether oxygens (including phenoxy) is 3. The highest BCUT2D eigenvalue weighted by Crippen LogP contribution is 2.14. The molecule has 2 N–H and O–H groups in total. The molecule has 0 saturated carbocycles. The molecule has 0 bridgehead atoms. The number of carbonyl (C=O) groups is 2. The van der Waals surface area contributed by atoms with E-state index in [1.807, 2.05) is 0 Å². The van der Waals surface area contributed by atoms with Crippen molar-refractivity contribution in [1.82, 2.24) is 4.98 Å². The van der Waals surface area contributed by atoms with Crippen molar-refractivity contribution in [2.75, 3.05) is 0 Å². The molecule has 1 fully saturated rings. The predicted molar refractivity (Wildman–Crippen MR) is 52.9 cm³/mol. The van der Waals surface area contributed by atoms with E-state index in [9.17, 15) is 19.8 Å². The van der Waals surface area contributed by atoms with E-state index in [1.165, 1.54) is 12.3 Å². The largest absolute Gasteiger partial charge is 0.412 e. The molecule has 2 atom stereocenters. The Morgan fingerprint density at radius 1 is 1.11 bits per heavy atom. The van der Waals surface area contributed by atoms with Crippen LogP contribution in [0.15, 0.2) is 24.4 Å². The monoisotopic (exact) mass is 255 g/mol. The summed E-state index contributed by atoms with van der Waals surface area (Å²) < 4.78 is 14.0. The van der Waals surface area contributed by atoms with Gasteiger partial charge in [-0.25, -0.2) is 14.6 Å². The number of pyridine rings is 1. The molecule has 18 heavy (non-hydrogen) atoms. The van der Waals surface area contributed by atoms with E-state index in [-0.39, 0.29) is 5.88 Å². The highest BCUT2D eigenvalue weighted by molar-refractivity contribution is 5.86. The van der Waals surface area contributed by atoms with Crippen LogP contribution in [0.25, 0.3) is 0 Å². The van der Waals surface area contributed by atoms with Gasteiger partial charge in [-0.1, -0.05) is 6.07 Å². The zero-order valence-electron chi connectivity index (χ0n) is 8.92. The van der Waals surface area contributed by atoms with Crippen LogP contribution in [0.4, 0.5) is 0 Å². The normalized spacial score (nSPS) is 28.0. The van der Waals surface area contributed by atoms with Gasteiger partial charge in [0.2, 0.25) is 5.88 Å². The van der Waals surface area contributed by atoms with Crippen LogP contribution in [0.5, 0.6) is 5.88 Å². The predicted octanol–water partition coefficient (Wildman–Crippen LogP) is -1.43. The standard InChI is InChI=1S/C10H9NO7/c12-6-7(13)9(15)18-10(17-8(6)14)16-5-3-1-2-4-11-5/h1-4,6-7,10,12-13H. The fourth-order valence-corrected chi connectivity index (χ4v) is 1.17. The van der Waals surface area contributed by atoms with Crippen molar-refractivity contribution in [1.29, 1.82) is 0 Å². The lowest BCUT2D eigenvalue weighted by molar-refractivity contribution is -0.232. The van der Waals surface area contributed by atoms with Crippen LogP contribution in [0, 0.1) is 0 Å². The molecule has 1 aromatic heterocycles. The number of rotatable bonds is 2. The lowest BCUT2D eigenvalue weighted by Crippen LogP contribution is -2.38. The van der Waals surface area contributed by atoms with Gasteiger partial charge in [-0.3, -0.25) is 0 Å². The highest BCUT2D eigenvalue weighted by Gasteiger charge is 2.40. The van der Waals surface area contributed by atoms with Crippen molar-refractivity contribution in [3.05, 3.63) is 24.4 Å². The van der Waals surface area contributed by atoms with Crippen molar-refractivity contribution >= 4 is 11.9 Å². The first-order valence-electron chi connectivity index (χ1n) is 4.93. The zero-order chi connectivity index (χ0) is 13.1. The number of nitrogens with zero attached hydrogens (tertiary/aromatic N) is 1. The first kappa shape index (κ1) is 12.3. The second-order valence-electron chi connectivity index (χ2n) is 3.34. The van der Waals surface area contributed by atoms with Crippen LogP contribution in [0.3, 0.4) is 0 Å². The molecular weight excluding hydrogens is 246 g/mol. The van der Waals surface area contributed by atoms with Crippen LogP contribution in [-0.4, -0.2) is 45.8 Å². The second kappa shape index (κ2) is 4.98. The molecule has 2 rings (SSSR count). The Morgan fingerprint density at radius 2 is 1.72 bits per heavy atom. The van der Waals surface area contributed by atoms with Gasteiger partial charge >= 0.3 is 18.4 Å². The van der Waals surface area contributed by atoms with Gasteiger partial charge < -0.3 is 24.4 Å². The minimum absolute atomic E-state index is 0.0500. The second-order valence-corrected chi connectivity index (χ2v) is 3.34. The molecule has 0 aliphatic carbocycles. The number of cyclic esters (lactones) is 2. The van der Waals surface area contributed by atoms with Crippen LogP contribution in [0.2, 0.25) is 0 Å². The Balaban J connectivity index is 2.10. The number of carbonyl (C=O) groups excluding carboxylic acids is 2. The summed E-state index contributed by atoms with van der Waals surface area (Å²) in [7, 11) is 0. The topological polar surface area (TPSA) is 115 Å². The Labute approximate surface area is 101 Å². The Kier molecular flexibility index (Phi) is 3.40. The maximum absolute atomic E-state index is 11.2. The first-order valence-corrected chi connectivity index (χ1v) is 4.93. The van der Waals surface area contributed by atoms with Crippen LogP contribution in [0.1, 0.15) is 0 Å². The molecule has 8 nitrogen and oxygen atoms in total. The molecular formula is C10H9NO7. The molecule has 96 valence electrons. The molecule has 2 unspecified atom stereocenters. The van der Waals surface area contributed by atoms with E-state index in [1.54, 1.807) is 12.1 Å². The maximum atomic E-state index is 11.2. The molecule has 1 aliphatic heterocycles.